The fourth-order valence-corrected chi connectivity index (χ4v) is 4.78. The molecule has 158 valence electrons. The number of hydrogen-bond donors (Lipinski definition) is 1. The molecule has 1 amide bonds. The number of benzene rings is 3. The zero-order valence-corrected chi connectivity index (χ0v) is 18.8. The maximum absolute atomic E-state index is 13.2. The van der Waals surface area contributed by atoms with Crippen molar-refractivity contribution < 1.29 is 4.79 Å². The Morgan fingerprint density at radius 2 is 1.81 bits per heavy atom. The molecular weight excluding hydrogens is 465 g/mol. The summed E-state index contributed by atoms with van der Waals surface area (Å²) in [6, 6.07) is 19.0. The lowest BCUT2D eigenvalue weighted by Gasteiger charge is -2.09. The van der Waals surface area contributed by atoms with Crippen molar-refractivity contribution in [2.24, 2.45) is 0 Å². The monoisotopic (exact) mass is 479 g/mol. The van der Waals surface area contributed by atoms with Gasteiger partial charge >= 0.3 is 0 Å². The van der Waals surface area contributed by atoms with E-state index in [1.165, 1.54) is 22.2 Å². The SMILES string of the molecule is O=C(Cn1cnc2scc(-c3ccc4ccccc4c3)c2c1=O)Nc1ccc(Cl)c(Cl)c1. The molecule has 0 unspecified atom stereocenters. The minimum Gasteiger partial charge on any atom is -0.324 e. The Balaban J connectivity index is 1.48. The van der Waals surface area contributed by atoms with Crippen LogP contribution in [0.15, 0.2) is 77.2 Å². The summed E-state index contributed by atoms with van der Waals surface area (Å²) in [6.07, 6.45) is 1.40. The molecule has 2 aromatic heterocycles. The van der Waals surface area contributed by atoms with Crippen LogP contribution in [-0.2, 0) is 11.3 Å². The van der Waals surface area contributed by atoms with E-state index in [0.29, 0.717) is 25.9 Å². The number of hydrogen-bond acceptors (Lipinski definition) is 4. The molecule has 0 aliphatic carbocycles. The number of halogens is 2. The number of rotatable bonds is 4. The molecule has 2 heterocycles. The van der Waals surface area contributed by atoms with Crippen LogP contribution >= 0.6 is 34.5 Å². The van der Waals surface area contributed by atoms with E-state index in [0.717, 1.165) is 21.9 Å². The van der Waals surface area contributed by atoms with Gasteiger partial charge in [0.15, 0.2) is 0 Å². The van der Waals surface area contributed by atoms with Crippen molar-refractivity contribution in [3.63, 3.8) is 0 Å². The van der Waals surface area contributed by atoms with Gasteiger partial charge in [-0.15, -0.1) is 11.3 Å². The van der Waals surface area contributed by atoms with Crippen LogP contribution in [0.4, 0.5) is 5.69 Å². The van der Waals surface area contributed by atoms with Gasteiger partial charge in [0, 0.05) is 16.6 Å². The maximum Gasteiger partial charge on any atom is 0.263 e. The molecular formula is C24H15Cl2N3O2S. The Labute approximate surface area is 196 Å². The average Bonchev–Trinajstić information content (AvgIpc) is 3.23. The van der Waals surface area contributed by atoms with Crippen molar-refractivity contribution in [1.82, 2.24) is 9.55 Å². The molecule has 0 bridgehead atoms. The largest absolute Gasteiger partial charge is 0.324 e. The van der Waals surface area contributed by atoms with Gasteiger partial charge < -0.3 is 5.32 Å². The maximum atomic E-state index is 13.2. The van der Waals surface area contributed by atoms with Gasteiger partial charge in [-0.3, -0.25) is 14.2 Å². The van der Waals surface area contributed by atoms with Gasteiger partial charge in [0.1, 0.15) is 11.4 Å². The van der Waals surface area contributed by atoms with Crippen LogP contribution in [0.2, 0.25) is 10.0 Å². The normalized spacial score (nSPS) is 11.2. The van der Waals surface area contributed by atoms with Crippen LogP contribution < -0.4 is 10.9 Å². The molecule has 8 heteroatoms. The number of nitrogens with zero attached hydrogens (tertiary/aromatic N) is 2. The van der Waals surface area contributed by atoms with Gasteiger partial charge in [-0.05, 0) is 40.6 Å². The highest BCUT2D eigenvalue weighted by molar-refractivity contribution is 7.17. The standard InChI is InChI=1S/C24H15Cl2N3O2S/c25-19-8-7-17(10-20(19)26)28-21(30)11-29-13-27-23-22(24(29)31)18(12-32-23)16-6-5-14-3-1-2-4-15(14)9-16/h1-10,12-13H,11H2,(H,28,30). The van der Waals surface area contributed by atoms with Crippen LogP contribution in [0, 0.1) is 0 Å². The first-order valence-corrected chi connectivity index (χ1v) is 11.3. The van der Waals surface area contributed by atoms with Crippen LogP contribution in [0.1, 0.15) is 0 Å². The van der Waals surface area contributed by atoms with Gasteiger partial charge in [0.25, 0.3) is 5.56 Å². The fourth-order valence-electron chi connectivity index (χ4n) is 3.58. The Hall–Kier alpha value is -3.19. The van der Waals surface area contributed by atoms with E-state index in [9.17, 15) is 9.59 Å². The highest BCUT2D eigenvalue weighted by Gasteiger charge is 2.15. The minimum atomic E-state index is -0.367. The first-order valence-electron chi connectivity index (χ1n) is 9.70. The first kappa shape index (κ1) is 20.7. The smallest absolute Gasteiger partial charge is 0.263 e. The quantitative estimate of drug-likeness (QED) is 0.332. The Morgan fingerprint density at radius 3 is 2.62 bits per heavy atom. The Morgan fingerprint density at radius 1 is 1.00 bits per heavy atom. The molecule has 0 fully saturated rings. The van der Waals surface area contributed by atoms with Crippen molar-refractivity contribution in [3.8, 4) is 11.1 Å². The molecule has 1 N–H and O–H groups in total. The van der Waals surface area contributed by atoms with E-state index in [-0.39, 0.29) is 18.0 Å². The third kappa shape index (κ3) is 3.88. The lowest BCUT2D eigenvalue weighted by Crippen LogP contribution is -2.27. The van der Waals surface area contributed by atoms with Gasteiger partial charge in [-0.2, -0.15) is 0 Å². The predicted octanol–water partition coefficient (Wildman–Crippen LogP) is 6.22. The zero-order chi connectivity index (χ0) is 22.2. The average molecular weight is 480 g/mol. The van der Waals surface area contributed by atoms with E-state index in [2.05, 4.69) is 16.4 Å². The van der Waals surface area contributed by atoms with Crippen molar-refractivity contribution in [2.45, 2.75) is 6.54 Å². The molecule has 0 atom stereocenters. The van der Waals surface area contributed by atoms with Crippen molar-refractivity contribution >= 4 is 67.1 Å². The van der Waals surface area contributed by atoms with Crippen LogP contribution in [-0.4, -0.2) is 15.5 Å². The second-order valence-corrected chi connectivity index (χ2v) is 8.92. The molecule has 32 heavy (non-hydrogen) atoms. The number of fused-ring (bicyclic) bond motifs is 2. The molecule has 0 aliphatic rings. The van der Waals surface area contributed by atoms with Gasteiger partial charge in [-0.25, -0.2) is 4.98 Å². The fraction of sp³-hybridized carbons (Fsp3) is 0.0417. The summed E-state index contributed by atoms with van der Waals surface area (Å²) < 4.78 is 1.31. The molecule has 5 aromatic rings. The summed E-state index contributed by atoms with van der Waals surface area (Å²) >= 11 is 13.3. The van der Waals surface area contributed by atoms with Crippen molar-refractivity contribution in [2.75, 3.05) is 5.32 Å². The molecule has 0 saturated heterocycles. The number of carbonyl (C=O) groups excluding carboxylic acids is 1. The summed E-state index contributed by atoms with van der Waals surface area (Å²) in [5.41, 5.74) is 1.99. The summed E-state index contributed by atoms with van der Waals surface area (Å²) in [7, 11) is 0. The van der Waals surface area contributed by atoms with Crippen LogP contribution in [0.5, 0.6) is 0 Å². The Kier molecular flexibility index (Phi) is 5.43. The molecule has 0 spiro atoms. The van der Waals surface area contributed by atoms with E-state index in [1.54, 1.807) is 18.2 Å². The topological polar surface area (TPSA) is 64.0 Å². The first-order chi connectivity index (χ1) is 15.5. The minimum absolute atomic E-state index is 0.172. The second-order valence-electron chi connectivity index (χ2n) is 7.25. The molecule has 0 saturated carbocycles. The van der Waals surface area contributed by atoms with E-state index in [1.807, 2.05) is 41.8 Å². The highest BCUT2D eigenvalue weighted by Crippen LogP contribution is 2.32. The predicted molar refractivity (Wildman–Crippen MR) is 132 cm³/mol. The van der Waals surface area contributed by atoms with Gasteiger partial charge in [0.05, 0.1) is 21.8 Å². The number of amides is 1. The van der Waals surface area contributed by atoms with Crippen molar-refractivity contribution in [1.29, 1.82) is 0 Å². The molecule has 5 rings (SSSR count). The number of aromatic nitrogens is 2. The lowest BCUT2D eigenvalue weighted by atomic mass is 10.0. The van der Waals surface area contributed by atoms with Crippen LogP contribution in [0.25, 0.3) is 32.1 Å². The molecule has 5 nitrogen and oxygen atoms in total. The van der Waals surface area contributed by atoms with Crippen molar-refractivity contribution in [3.05, 3.63) is 92.8 Å². The number of nitrogens with one attached hydrogen (secondary N) is 1. The second kappa shape index (κ2) is 8.39. The summed E-state index contributed by atoms with van der Waals surface area (Å²) in [4.78, 5) is 30.8. The van der Waals surface area contributed by atoms with Gasteiger partial charge in [0.2, 0.25) is 5.91 Å². The van der Waals surface area contributed by atoms with E-state index >= 15 is 0 Å². The summed E-state index contributed by atoms with van der Waals surface area (Å²) in [5, 5.41) is 8.13. The Bertz CT molecular complexity index is 1560. The summed E-state index contributed by atoms with van der Waals surface area (Å²) in [6.45, 7) is -0.172. The third-order valence-corrected chi connectivity index (χ3v) is 6.76. The summed E-state index contributed by atoms with van der Waals surface area (Å²) in [5.74, 6) is -0.367. The van der Waals surface area contributed by atoms with Crippen LogP contribution in [0.3, 0.4) is 0 Å². The number of anilines is 1. The highest BCUT2D eigenvalue weighted by atomic mass is 35.5. The molecule has 3 aromatic carbocycles. The lowest BCUT2D eigenvalue weighted by molar-refractivity contribution is -0.116. The third-order valence-electron chi connectivity index (χ3n) is 5.14. The molecule has 0 radical (unpaired) electrons. The number of thiophene rings is 1. The van der Waals surface area contributed by atoms with Gasteiger partial charge in [-0.1, -0.05) is 59.6 Å². The molecule has 0 aliphatic heterocycles. The number of carbonyl (C=O) groups is 1. The van der Waals surface area contributed by atoms with E-state index in [4.69, 9.17) is 23.2 Å². The van der Waals surface area contributed by atoms with E-state index < -0.39 is 0 Å². The zero-order valence-electron chi connectivity index (χ0n) is 16.5.